The van der Waals surface area contributed by atoms with E-state index in [-0.39, 0.29) is 44.9 Å². The van der Waals surface area contributed by atoms with Crippen LogP contribution in [-0.2, 0) is 32.2 Å². The van der Waals surface area contributed by atoms with Crippen molar-refractivity contribution in [2.75, 3.05) is 24.7 Å². The van der Waals surface area contributed by atoms with Crippen molar-refractivity contribution in [3.63, 3.8) is 0 Å². The second-order valence-corrected chi connectivity index (χ2v) is 12.5. The van der Waals surface area contributed by atoms with Gasteiger partial charge >= 0.3 is 12.1 Å². The first kappa shape index (κ1) is 33.9. The fourth-order valence-electron chi connectivity index (χ4n) is 5.78. The van der Waals surface area contributed by atoms with E-state index in [0.717, 1.165) is 33.4 Å². The molecule has 0 bridgehead atoms. The second kappa shape index (κ2) is 15.4. The summed E-state index contributed by atoms with van der Waals surface area (Å²) in [5.41, 5.74) is 5.12. The monoisotopic (exact) mass is 658 g/mol. The highest BCUT2D eigenvalue weighted by atomic mass is 32.2. The number of likely N-dealkylation sites (tertiary alicyclic amines) is 1. The van der Waals surface area contributed by atoms with Gasteiger partial charge in [0, 0.05) is 36.6 Å². The van der Waals surface area contributed by atoms with Gasteiger partial charge in [0.25, 0.3) is 0 Å². The van der Waals surface area contributed by atoms with Crippen LogP contribution in [-0.4, -0.2) is 69.9 Å². The molecule has 3 aromatic rings. The summed E-state index contributed by atoms with van der Waals surface area (Å²) in [5, 5.41) is 21.4. The van der Waals surface area contributed by atoms with Crippen LogP contribution < -0.4 is 5.32 Å². The molecule has 4 atom stereocenters. The van der Waals surface area contributed by atoms with E-state index in [1.807, 2.05) is 72.8 Å². The number of carbonyl (C=O) groups is 2. The smallest absolute Gasteiger partial charge is 0.396 e. The van der Waals surface area contributed by atoms with Crippen LogP contribution in [0.15, 0.2) is 72.8 Å². The van der Waals surface area contributed by atoms with Crippen LogP contribution in [0.25, 0.3) is 11.1 Å². The van der Waals surface area contributed by atoms with Gasteiger partial charge in [0.1, 0.15) is 6.04 Å². The van der Waals surface area contributed by atoms with Crippen LogP contribution in [0.2, 0.25) is 0 Å². The molecule has 2 heterocycles. The molecule has 2 fully saturated rings. The fourth-order valence-corrected chi connectivity index (χ4v) is 6.55. The van der Waals surface area contributed by atoms with Gasteiger partial charge in [0.15, 0.2) is 6.29 Å². The Labute approximate surface area is 269 Å². The highest BCUT2D eigenvalue weighted by molar-refractivity contribution is 7.99. The lowest BCUT2D eigenvalue weighted by Crippen LogP contribution is -2.50. The lowest BCUT2D eigenvalue weighted by molar-refractivity contribution is -0.245. The van der Waals surface area contributed by atoms with Gasteiger partial charge in [-0.15, -0.1) is 0 Å². The molecule has 8 nitrogen and oxygen atoms in total. The maximum absolute atomic E-state index is 13.0. The van der Waals surface area contributed by atoms with E-state index < -0.39 is 30.3 Å². The van der Waals surface area contributed by atoms with Crippen LogP contribution in [0.3, 0.4) is 0 Å². The number of amides is 2. The Morgan fingerprint density at radius 1 is 0.935 bits per heavy atom. The van der Waals surface area contributed by atoms with Crippen molar-refractivity contribution in [2.45, 2.75) is 63.1 Å². The summed E-state index contributed by atoms with van der Waals surface area (Å²) >= 11 is 1.62. The first-order valence-corrected chi connectivity index (χ1v) is 16.4. The lowest BCUT2D eigenvalue weighted by Gasteiger charge is -2.36. The first-order chi connectivity index (χ1) is 22.2. The number of thioether (sulfide) groups is 1. The molecule has 0 unspecified atom stereocenters. The Bertz CT molecular complexity index is 1490. The van der Waals surface area contributed by atoms with E-state index in [2.05, 4.69) is 5.32 Å². The van der Waals surface area contributed by atoms with Crippen molar-refractivity contribution >= 4 is 23.6 Å². The summed E-state index contributed by atoms with van der Waals surface area (Å²) in [7, 11) is 0. The van der Waals surface area contributed by atoms with Crippen molar-refractivity contribution in [3.05, 3.63) is 95.1 Å². The van der Waals surface area contributed by atoms with Gasteiger partial charge in [0.05, 0.1) is 25.4 Å². The molecule has 246 valence electrons. The summed E-state index contributed by atoms with van der Waals surface area (Å²) in [5.74, 6) is -1.29. The number of halogens is 3. The Balaban J connectivity index is 1.28. The number of benzene rings is 3. The first-order valence-electron chi connectivity index (χ1n) is 15.2. The van der Waals surface area contributed by atoms with E-state index in [4.69, 9.17) is 9.47 Å². The quantitative estimate of drug-likeness (QED) is 0.241. The van der Waals surface area contributed by atoms with Gasteiger partial charge in [-0.3, -0.25) is 9.59 Å². The van der Waals surface area contributed by atoms with Crippen LogP contribution in [0.1, 0.15) is 53.9 Å². The number of hydrogen-bond donors (Lipinski definition) is 3. The average molecular weight is 659 g/mol. The largest absolute Gasteiger partial charge is 0.471 e. The minimum Gasteiger partial charge on any atom is -0.396 e. The van der Waals surface area contributed by atoms with Gasteiger partial charge in [-0.25, -0.2) is 0 Å². The van der Waals surface area contributed by atoms with Crippen molar-refractivity contribution in [1.29, 1.82) is 0 Å². The summed E-state index contributed by atoms with van der Waals surface area (Å²) in [4.78, 5) is 25.2. The topological polar surface area (TPSA) is 108 Å². The number of carbonyl (C=O) groups excluding carboxylic acids is 2. The predicted molar refractivity (Wildman–Crippen MR) is 167 cm³/mol. The molecule has 5 rings (SSSR count). The molecular weight excluding hydrogens is 621 g/mol. The van der Waals surface area contributed by atoms with E-state index in [1.54, 1.807) is 11.8 Å². The number of rotatable bonds is 11. The molecule has 46 heavy (non-hydrogen) atoms. The molecule has 3 N–H and O–H groups in total. The van der Waals surface area contributed by atoms with Crippen molar-refractivity contribution in [3.8, 4) is 11.1 Å². The summed E-state index contributed by atoms with van der Waals surface area (Å²) in [6.07, 6.45) is -4.86. The Morgan fingerprint density at radius 3 is 2.39 bits per heavy atom. The number of nitrogens with one attached hydrogen (secondary N) is 1. The van der Waals surface area contributed by atoms with E-state index >= 15 is 0 Å². The second-order valence-electron chi connectivity index (χ2n) is 11.3. The molecule has 3 aromatic carbocycles. The van der Waals surface area contributed by atoms with Gasteiger partial charge < -0.3 is 29.9 Å². The number of aliphatic hydroxyl groups excluding tert-OH is 2. The van der Waals surface area contributed by atoms with Crippen molar-refractivity contribution < 1.29 is 42.4 Å². The molecule has 2 amide bonds. The lowest BCUT2D eigenvalue weighted by atomic mass is 9.99. The van der Waals surface area contributed by atoms with Gasteiger partial charge in [-0.05, 0) is 52.8 Å². The Morgan fingerprint density at radius 2 is 1.67 bits per heavy atom. The minimum atomic E-state index is -5.02. The normalized spacial score (nSPS) is 21.7. The highest BCUT2D eigenvalue weighted by Crippen LogP contribution is 2.39. The molecule has 2 aliphatic rings. The van der Waals surface area contributed by atoms with Crippen LogP contribution >= 0.6 is 11.8 Å². The van der Waals surface area contributed by atoms with Crippen LogP contribution in [0.4, 0.5) is 13.2 Å². The molecule has 0 spiro atoms. The van der Waals surface area contributed by atoms with E-state index in [1.165, 1.54) is 0 Å². The molecule has 0 saturated carbocycles. The van der Waals surface area contributed by atoms with Gasteiger partial charge in [-0.1, -0.05) is 60.7 Å². The van der Waals surface area contributed by atoms with E-state index in [9.17, 15) is 33.0 Å². The number of hydrogen-bond acceptors (Lipinski definition) is 7. The predicted octanol–water partition coefficient (Wildman–Crippen LogP) is 5.29. The average Bonchev–Trinajstić information content (AvgIpc) is 3.57. The van der Waals surface area contributed by atoms with Crippen molar-refractivity contribution in [1.82, 2.24) is 10.2 Å². The molecule has 12 heteroatoms. The molecular formula is C34H37F3N2O6S. The van der Waals surface area contributed by atoms with Crippen LogP contribution in [0.5, 0.6) is 0 Å². The molecule has 0 aliphatic carbocycles. The summed E-state index contributed by atoms with van der Waals surface area (Å²) in [6.45, 7) is 0.0384. The SMILES string of the molecule is O=C(NCc1cccc(-c2cccc([C@H]3O[C@@H](CSCCO)C[C@@H](c4ccc(CO)cc4)O3)c2)c1)[C@@H]1CCCN1C(=O)C(F)(F)F. The Hall–Kier alpha value is -3.42. The third-order valence-corrected chi connectivity index (χ3v) is 9.18. The van der Waals surface area contributed by atoms with Gasteiger partial charge in [0.2, 0.25) is 5.91 Å². The molecule has 2 aliphatic heterocycles. The third-order valence-electron chi connectivity index (χ3n) is 8.10. The third kappa shape index (κ3) is 8.48. The number of alkyl halides is 3. The standard InChI is InChI=1S/C34H37F3N2O6S/c35-34(36,37)33(43)39-13-3-8-29(39)31(42)38-19-23-4-1-5-25(16-23)26-6-2-7-27(17-26)32-44-28(21-46-15-14-40)18-30(45-32)24-11-9-22(20-41)10-12-24/h1-2,4-7,9-12,16-17,28-30,32,40-41H,3,8,13-15,18-21H2,(H,38,42)/t28-,29+,30+,32+/m1/s1. The number of ether oxygens (including phenoxy) is 2. The van der Waals surface area contributed by atoms with E-state index in [0.29, 0.717) is 29.2 Å². The zero-order chi connectivity index (χ0) is 32.7. The fraction of sp³-hybridized carbons (Fsp3) is 0.412. The summed E-state index contributed by atoms with van der Waals surface area (Å²) < 4.78 is 51.8. The minimum absolute atomic E-state index is 0.0413. The molecule has 2 saturated heterocycles. The van der Waals surface area contributed by atoms with Crippen molar-refractivity contribution in [2.24, 2.45) is 0 Å². The number of nitrogens with zero attached hydrogens (tertiary/aromatic N) is 1. The Kier molecular flexibility index (Phi) is 11.4. The maximum Gasteiger partial charge on any atom is 0.471 e. The van der Waals surface area contributed by atoms with Crippen LogP contribution in [0, 0.1) is 0 Å². The molecule has 0 radical (unpaired) electrons. The maximum atomic E-state index is 13.0. The molecule has 0 aromatic heterocycles. The summed E-state index contributed by atoms with van der Waals surface area (Å²) in [6, 6.07) is 21.8. The zero-order valence-electron chi connectivity index (χ0n) is 25.1. The zero-order valence-corrected chi connectivity index (χ0v) is 25.9. The highest BCUT2D eigenvalue weighted by Gasteiger charge is 2.47. The van der Waals surface area contributed by atoms with Gasteiger partial charge in [-0.2, -0.15) is 24.9 Å². The number of aliphatic hydroxyl groups is 2.